The molecule has 0 unspecified atom stereocenters. The number of hydrogen-bond donors (Lipinski definition) is 1. The fraction of sp³-hybridized carbons (Fsp3) is 0.467. The van der Waals surface area contributed by atoms with Crippen molar-refractivity contribution in [1.29, 1.82) is 0 Å². The van der Waals surface area contributed by atoms with E-state index in [1.807, 2.05) is 28.3 Å². The second-order valence-corrected chi connectivity index (χ2v) is 6.27. The zero-order chi connectivity index (χ0) is 15.2. The number of carbonyl (C=O) groups excluding carboxylic acids is 1. The first kappa shape index (κ1) is 15.7. The Kier molecular flexibility index (Phi) is 5.52. The Labute approximate surface area is 128 Å². The lowest BCUT2D eigenvalue weighted by Crippen LogP contribution is -2.36. The second kappa shape index (κ2) is 7.38. The predicted molar refractivity (Wildman–Crippen MR) is 83.1 cm³/mol. The number of hydrogen-bond acceptors (Lipinski definition) is 4. The normalized spacial score (nSPS) is 15.2. The first-order valence-corrected chi connectivity index (χ1v) is 7.87. The fourth-order valence-corrected chi connectivity index (χ4v) is 3.29. The molecule has 1 amide bonds. The van der Waals surface area contributed by atoms with E-state index in [0.29, 0.717) is 13.1 Å². The highest BCUT2D eigenvalue weighted by molar-refractivity contribution is 7.10. The van der Waals surface area contributed by atoms with E-state index < -0.39 is 5.97 Å². The highest BCUT2D eigenvalue weighted by Crippen LogP contribution is 2.18. The number of carboxylic acid groups (broad SMARTS) is 1. The van der Waals surface area contributed by atoms with Crippen LogP contribution in [0.1, 0.15) is 23.3 Å². The van der Waals surface area contributed by atoms with Crippen LogP contribution in [0.15, 0.2) is 17.5 Å². The van der Waals surface area contributed by atoms with Crippen LogP contribution >= 0.6 is 11.3 Å². The van der Waals surface area contributed by atoms with Gasteiger partial charge in [-0.05, 0) is 43.0 Å². The summed E-state index contributed by atoms with van der Waals surface area (Å²) >= 11 is 1.58. The Bertz CT molecular complexity index is 533. The SMILES string of the molecule is CN(CC(=O)N1CCCC1)Cc1cc(C=CC(=O)O)cs1. The van der Waals surface area contributed by atoms with Crippen LogP contribution < -0.4 is 0 Å². The van der Waals surface area contributed by atoms with Crippen LogP contribution in [0.4, 0.5) is 0 Å². The van der Waals surface area contributed by atoms with E-state index in [1.165, 1.54) is 0 Å². The van der Waals surface area contributed by atoms with Crippen LogP contribution in [-0.4, -0.2) is 53.5 Å². The van der Waals surface area contributed by atoms with Crippen LogP contribution in [0.2, 0.25) is 0 Å². The molecule has 21 heavy (non-hydrogen) atoms. The molecule has 0 bridgehead atoms. The van der Waals surface area contributed by atoms with Crippen molar-refractivity contribution in [2.75, 3.05) is 26.7 Å². The lowest BCUT2D eigenvalue weighted by atomic mass is 10.3. The standard InChI is InChI=1S/C15H20N2O3S/c1-16(10-14(18)17-6-2-3-7-17)9-13-8-12(11-21-13)4-5-15(19)20/h4-5,8,11H,2-3,6-7,9-10H2,1H3,(H,19,20). The van der Waals surface area contributed by atoms with Crippen molar-refractivity contribution in [3.63, 3.8) is 0 Å². The van der Waals surface area contributed by atoms with E-state index in [1.54, 1.807) is 17.4 Å². The summed E-state index contributed by atoms with van der Waals surface area (Å²) in [6.45, 7) is 2.90. The number of nitrogens with zero attached hydrogens (tertiary/aromatic N) is 2. The van der Waals surface area contributed by atoms with Crippen LogP contribution in [0.25, 0.3) is 6.08 Å². The maximum absolute atomic E-state index is 12.0. The first-order valence-electron chi connectivity index (χ1n) is 6.99. The average molecular weight is 308 g/mol. The van der Waals surface area contributed by atoms with Gasteiger partial charge in [0.25, 0.3) is 0 Å². The summed E-state index contributed by atoms with van der Waals surface area (Å²) in [4.78, 5) is 27.6. The number of aliphatic carboxylic acids is 1. The van der Waals surface area contributed by atoms with Gasteiger partial charge in [-0.1, -0.05) is 0 Å². The van der Waals surface area contributed by atoms with Crippen molar-refractivity contribution >= 4 is 29.3 Å². The Morgan fingerprint density at radius 2 is 2.14 bits per heavy atom. The van der Waals surface area contributed by atoms with Crippen molar-refractivity contribution in [2.24, 2.45) is 0 Å². The Morgan fingerprint density at radius 1 is 1.43 bits per heavy atom. The number of carbonyl (C=O) groups is 2. The summed E-state index contributed by atoms with van der Waals surface area (Å²) in [5, 5.41) is 10.5. The van der Waals surface area contributed by atoms with Gasteiger partial charge < -0.3 is 10.0 Å². The summed E-state index contributed by atoms with van der Waals surface area (Å²) in [7, 11) is 1.93. The van der Waals surface area contributed by atoms with Gasteiger partial charge in [0, 0.05) is 30.6 Å². The third-order valence-electron chi connectivity index (χ3n) is 3.38. The maximum atomic E-state index is 12.0. The van der Waals surface area contributed by atoms with E-state index in [-0.39, 0.29) is 5.91 Å². The van der Waals surface area contributed by atoms with E-state index in [4.69, 9.17) is 5.11 Å². The van der Waals surface area contributed by atoms with Gasteiger partial charge in [-0.3, -0.25) is 9.69 Å². The molecule has 2 rings (SSSR count). The van der Waals surface area contributed by atoms with Crippen LogP contribution in [-0.2, 0) is 16.1 Å². The minimum atomic E-state index is -0.948. The summed E-state index contributed by atoms with van der Waals surface area (Å²) in [5.74, 6) is -0.756. The molecule has 1 aromatic rings. The molecular weight excluding hydrogens is 288 g/mol. The number of carboxylic acids is 1. The number of likely N-dealkylation sites (N-methyl/N-ethyl adjacent to an activating group) is 1. The zero-order valence-corrected chi connectivity index (χ0v) is 12.9. The van der Waals surface area contributed by atoms with Gasteiger partial charge in [0.15, 0.2) is 0 Å². The second-order valence-electron chi connectivity index (χ2n) is 5.28. The molecule has 1 saturated heterocycles. The lowest BCUT2D eigenvalue weighted by Gasteiger charge is -2.20. The molecule has 2 heterocycles. The largest absolute Gasteiger partial charge is 0.478 e. The van der Waals surface area contributed by atoms with E-state index >= 15 is 0 Å². The minimum Gasteiger partial charge on any atom is -0.478 e. The molecule has 0 aromatic carbocycles. The highest BCUT2D eigenvalue weighted by Gasteiger charge is 2.19. The maximum Gasteiger partial charge on any atom is 0.328 e. The van der Waals surface area contributed by atoms with Gasteiger partial charge in [0.2, 0.25) is 5.91 Å². The molecule has 0 atom stereocenters. The molecular formula is C15H20N2O3S. The molecule has 1 N–H and O–H groups in total. The van der Waals surface area contributed by atoms with Crippen LogP contribution in [0, 0.1) is 0 Å². The van der Waals surface area contributed by atoms with E-state index in [0.717, 1.165) is 42.4 Å². The van der Waals surface area contributed by atoms with Crippen molar-refractivity contribution < 1.29 is 14.7 Å². The third-order valence-corrected chi connectivity index (χ3v) is 4.32. The molecule has 0 spiro atoms. The Morgan fingerprint density at radius 3 is 2.81 bits per heavy atom. The summed E-state index contributed by atoms with van der Waals surface area (Å²) in [6.07, 6.45) is 4.93. The molecule has 1 aromatic heterocycles. The van der Waals surface area contributed by atoms with Crippen molar-refractivity contribution in [3.05, 3.63) is 28.0 Å². The fourth-order valence-electron chi connectivity index (χ4n) is 2.35. The van der Waals surface area contributed by atoms with Crippen molar-refractivity contribution in [3.8, 4) is 0 Å². The minimum absolute atomic E-state index is 0.192. The van der Waals surface area contributed by atoms with Crippen LogP contribution in [0.5, 0.6) is 0 Å². The number of thiophene rings is 1. The topological polar surface area (TPSA) is 60.9 Å². The summed E-state index contributed by atoms with van der Waals surface area (Å²) in [5.41, 5.74) is 0.886. The van der Waals surface area contributed by atoms with Crippen LogP contribution in [0.3, 0.4) is 0 Å². The highest BCUT2D eigenvalue weighted by atomic mass is 32.1. The number of amides is 1. The quantitative estimate of drug-likeness (QED) is 0.815. The summed E-state index contributed by atoms with van der Waals surface area (Å²) in [6, 6.07) is 1.96. The number of rotatable bonds is 6. The van der Waals surface area contributed by atoms with Gasteiger partial charge in [0.05, 0.1) is 6.54 Å². The van der Waals surface area contributed by atoms with Gasteiger partial charge >= 0.3 is 5.97 Å². The third kappa shape index (κ3) is 4.99. The monoisotopic (exact) mass is 308 g/mol. The molecule has 6 heteroatoms. The van der Waals surface area contributed by atoms with Gasteiger partial charge in [-0.25, -0.2) is 4.79 Å². The van der Waals surface area contributed by atoms with Crippen molar-refractivity contribution in [2.45, 2.75) is 19.4 Å². The Balaban J connectivity index is 1.83. The lowest BCUT2D eigenvalue weighted by molar-refractivity contribution is -0.132. The average Bonchev–Trinajstić information content (AvgIpc) is 3.07. The molecule has 5 nitrogen and oxygen atoms in total. The molecule has 0 aliphatic carbocycles. The molecule has 1 aliphatic heterocycles. The Hall–Kier alpha value is -1.66. The van der Waals surface area contributed by atoms with E-state index in [2.05, 4.69) is 0 Å². The van der Waals surface area contributed by atoms with Gasteiger partial charge in [-0.15, -0.1) is 11.3 Å². The molecule has 1 fully saturated rings. The number of likely N-dealkylation sites (tertiary alicyclic amines) is 1. The first-order chi connectivity index (χ1) is 10.0. The van der Waals surface area contributed by atoms with Gasteiger partial charge in [0.1, 0.15) is 0 Å². The molecule has 1 aliphatic rings. The van der Waals surface area contributed by atoms with Crippen molar-refractivity contribution in [1.82, 2.24) is 9.80 Å². The molecule has 114 valence electrons. The molecule has 0 saturated carbocycles. The summed E-state index contributed by atoms with van der Waals surface area (Å²) < 4.78 is 0. The predicted octanol–water partition coefficient (Wildman–Crippen LogP) is 1.90. The van der Waals surface area contributed by atoms with Gasteiger partial charge in [-0.2, -0.15) is 0 Å². The van der Waals surface area contributed by atoms with E-state index in [9.17, 15) is 9.59 Å². The molecule has 0 radical (unpaired) electrons. The smallest absolute Gasteiger partial charge is 0.328 e. The zero-order valence-electron chi connectivity index (χ0n) is 12.1.